The van der Waals surface area contributed by atoms with Gasteiger partial charge in [0.05, 0.1) is 0 Å². The van der Waals surface area contributed by atoms with E-state index in [1.165, 1.54) is 6.92 Å². The maximum absolute atomic E-state index is 10.0. The fraction of sp³-hybridized carbons (Fsp3) is 0.750. The Morgan fingerprint density at radius 2 is 1.75 bits per heavy atom. The van der Waals surface area contributed by atoms with Gasteiger partial charge in [-0.05, 0) is 0 Å². The van der Waals surface area contributed by atoms with E-state index in [1.807, 2.05) is 6.92 Å². The number of rotatable bonds is 2. The van der Waals surface area contributed by atoms with E-state index in [9.17, 15) is 4.79 Å². The Bertz CT molecular complexity index is 203. The number of carbonyl (C=O) groups is 1. The summed E-state index contributed by atoms with van der Waals surface area (Å²) in [5.74, 6) is -0.0538. The molecule has 0 atom stereocenters. The van der Waals surface area contributed by atoms with E-state index in [-0.39, 0.29) is 5.91 Å². The summed E-state index contributed by atoms with van der Waals surface area (Å²) in [7, 11) is -4.67. The predicted octanol–water partition coefficient (Wildman–Crippen LogP) is -1.01. The van der Waals surface area contributed by atoms with Crippen molar-refractivity contribution in [3.8, 4) is 0 Å². The number of hydrogen-bond acceptors (Lipinski definition) is 4. The van der Waals surface area contributed by atoms with E-state index < -0.39 is 10.4 Å². The van der Waals surface area contributed by atoms with Crippen LogP contribution in [0.2, 0.25) is 0 Å². The van der Waals surface area contributed by atoms with Gasteiger partial charge in [0, 0.05) is 13.5 Å². The third kappa shape index (κ3) is 58.8. The Morgan fingerprint density at radius 1 is 1.42 bits per heavy atom. The first kappa shape index (κ1) is 13.9. The quantitative estimate of drug-likeness (QED) is 0.335. The maximum atomic E-state index is 10.0. The van der Waals surface area contributed by atoms with Gasteiger partial charge in [0.25, 0.3) is 0 Å². The molecule has 0 bridgehead atoms. The highest BCUT2D eigenvalue weighted by Crippen LogP contribution is 1.59. The second-order valence-electron chi connectivity index (χ2n) is 1.66. The van der Waals surface area contributed by atoms with Gasteiger partial charge < -0.3 is 0 Å². The largest absolute Gasteiger partial charge is 0.394 e. The van der Waals surface area contributed by atoms with E-state index in [0.29, 0.717) is 0 Å². The molecule has 0 rings (SSSR count). The Labute approximate surface area is 70.7 Å². The zero-order chi connectivity index (χ0) is 10.2. The summed E-state index contributed by atoms with van der Waals surface area (Å²) in [5.41, 5.74) is 5.05. The molecule has 0 heterocycles. The van der Waals surface area contributed by atoms with E-state index in [0.717, 1.165) is 6.54 Å². The number of amides is 1. The van der Waals surface area contributed by atoms with Gasteiger partial charge in [0.1, 0.15) is 0 Å². The SMILES string of the molecule is CCNNC(C)=O.O=S(=O)(O)O. The molecular formula is C4H12N2O5S. The summed E-state index contributed by atoms with van der Waals surface area (Å²) in [4.78, 5) is 10.0. The van der Waals surface area contributed by atoms with Crippen molar-refractivity contribution in [3.05, 3.63) is 0 Å². The Kier molecular flexibility index (Phi) is 8.06. The van der Waals surface area contributed by atoms with Crippen molar-refractivity contribution >= 4 is 16.3 Å². The van der Waals surface area contributed by atoms with Crippen LogP contribution in [0.15, 0.2) is 0 Å². The van der Waals surface area contributed by atoms with Crippen LogP contribution in [0, 0.1) is 0 Å². The molecule has 0 aromatic heterocycles. The van der Waals surface area contributed by atoms with Gasteiger partial charge in [-0.25, -0.2) is 5.43 Å². The Hall–Kier alpha value is -0.700. The number of nitrogens with one attached hydrogen (secondary N) is 2. The van der Waals surface area contributed by atoms with Gasteiger partial charge in [-0.2, -0.15) is 8.42 Å². The van der Waals surface area contributed by atoms with Crippen LogP contribution in [-0.4, -0.2) is 30.0 Å². The molecule has 7 nitrogen and oxygen atoms in total. The highest BCUT2D eigenvalue weighted by Gasteiger charge is 1.84. The summed E-state index contributed by atoms with van der Waals surface area (Å²) in [6.07, 6.45) is 0. The van der Waals surface area contributed by atoms with Crippen molar-refractivity contribution < 1.29 is 22.3 Å². The van der Waals surface area contributed by atoms with Crippen molar-refractivity contribution in [3.63, 3.8) is 0 Å². The number of carbonyl (C=O) groups excluding carboxylic acids is 1. The molecule has 0 aliphatic carbocycles. The third-order valence-electron chi connectivity index (χ3n) is 0.441. The Morgan fingerprint density at radius 3 is 1.83 bits per heavy atom. The topological polar surface area (TPSA) is 116 Å². The van der Waals surface area contributed by atoms with Gasteiger partial charge in [-0.1, -0.05) is 6.92 Å². The predicted molar refractivity (Wildman–Crippen MR) is 41.7 cm³/mol. The summed E-state index contributed by atoms with van der Waals surface area (Å²) in [6.45, 7) is 4.14. The molecule has 0 radical (unpaired) electrons. The molecule has 0 unspecified atom stereocenters. The van der Waals surface area contributed by atoms with Crippen LogP contribution in [0.3, 0.4) is 0 Å². The van der Waals surface area contributed by atoms with Crippen molar-refractivity contribution in [1.29, 1.82) is 0 Å². The molecule has 0 aromatic carbocycles. The van der Waals surface area contributed by atoms with Crippen LogP contribution >= 0.6 is 0 Å². The lowest BCUT2D eigenvalue weighted by Crippen LogP contribution is -2.35. The zero-order valence-electron chi connectivity index (χ0n) is 6.73. The highest BCUT2D eigenvalue weighted by atomic mass is 32.3. The lowest BCUT2D eigenvalue weighted by molar-refractivity contribution is -0.119. The van der Waals surface area contributed by atoms with Crippen molar-refractivity contribution in [2.45, 2.75) is 13.8 Å². The van der Waals surface area contributed by atoms with E-state index in [4.69, 9.17) is 17.5 Å². The minimum atomic E-state index is -4.67. The maximum Gasteiger partial charge on any atom is 0.394 e. The molecule has 12 heavy (non-hydrogen) atoms. The van der Waals surface area contributed by atoms with Crippen molar-refractivity contribution in [1.82, 2.24) is 10.9 Å². The summed E-state index contributed by atoms with van der Waals surface area (Å²) >= 11 is 0. The van der Waals surface area contributed by atoms with Crippen LogP contribution in [0.4, 0.5) is 0 Å². The molecule has 74 valence electrons. The van der Waals surface area contributed by atoms with Crippen molar-refractivity contribution in [2.75, 3.05) is 6.54 Å². The van der Waals surface area contributed by atoms with E-state index in [1.54, 1.807) is 0 Å². The normalized spacial score (nSPS) is 9.67. The van der Waals surface area contributed by atoms with Crippen LogP contribution < -0.4 is 10.9 Å². The summed E-state index contributed by atoms with van der Waals surface area (Å²) in [6, 6.07) is 0. The molecule has 0 spiro atoms. The van der Waals surface area contributed by atoms with Crippen LogP contribution in [0.25, 0.3) is 0 Å². The molecule has 0 aliphatic heterocycles. The lowest BCUT2D eigenvalue weighted by Gasteiger charge is -1.96. The molecule has 1 amide bonds. The average molecular weight is 200 g/mol. The van der Waals surface area contributed by atoms with Gasteiger partial charge in [-0.3, -0.25) is 19.3 Å². The first-order valence-electron chi connectivity index (χ1n) is 2.96. The fourth-order valence-electron chi connectivity index (χ4n) is 0.213. The summed E-state index contributed by atoms with van der Waals surface area (Å²) < 4.78 is 31.6. The first-order chi connectivity index (χ1) is 5.27. The number of hydrogen-bond donors (Lipinski definition) is 4. The second kappa shape index (κ2) is 6.98. The van der Waals surface area contributed by atoms with Crippen LogP contribution in [0.1, 0.15) is 13.8 Å². The number of hydrazine groups is 1. The summed E-state index contributed by atoms with van der Waals surface area (Å²) in [5, 5.41) is 0. The average Bonchev–Trinajstić information content (AvgIpc) is 1.79. The van der Waals surface area contributed by atoms with Gasteiger partial charge in [0.15, 0.2) is 0 Å². The minimum absolute atomic E-state index is 0.0538. The highest BCUT2D eigenvalue weighted by molar-refractivity contribution is 7.79. The fourth-order valence-corrected chi connectivity index (χ4v) is 0.213. The molecule has 4 N–H and O–H groups in total. The van der Waals surface area contributed by atoms with Gasteiger partial charge in [0.2, 0.25) is 5.91 Å². The molecule has 0 saturated carbocycles. The Balaban J connectivity index is 0. The zero-order valence-corrected chi connectivity index (χ0v) is 7.55. The molecule has 0 fully saturated rings. The minimum Gasteiger partial charge on any atom is -0.292 e. The van der Waals surface area contributed by atoms with Gasteiger partial charge >= 0.3 is 10.4 Å². The standard InChI is InChI=1S/C4H10N2O.H2O4S/c1-3-5-6-4(2)7;1-5(2,3)4/h5H,3H2,1-2H3,(H,6,7);(H2,1,2,3,4). The molecule has 0 aliphatic rings. The first-order valence-corrected chi connectivity index (χ1v) is 4.36. The molecule has 0 aromatic rings. The van der Waals surface area contributed by atoms with Crippen LogP contribution in [-0.2, 0) is 15.2 Å². The van der Waals surface area contributed by atoms with E-state index in [2.05, 4.69) is 10.9 Å². The van der Waals surface area contributed by atoms with Crippen molar-refractivity contribution in [2.24, 2.45) is 0 Å². The monoisotopic (exact) mass is 200 g/mol. The lowest BCUT2D eigenvalue weighted by atomic mass is 10.7. The molecular weight excluding hydrogens is 188 g/mol. The second-order valence-corrected chi connectivity index (χ2v) is 2.56. The van der Waals surface area contributed by atoms with Gasteiger partial charge in [-0.15, -0.1) is 0 Å². The van der Waals surface area contributed by atoms with E-state index >= 15 is 0 Å². The third-order valence-corrected chi connectivity index (χ3v) is 0.441. The molecule has 0 saturated heterocycles. The smallest absolute Gasteiger partial charge is 0.292 e. The van der Waals surface area contributed by atoms with Crippen LogP contribution in [0.5, 0.6) is 0 Å². The molecule has 8 heteroatoms.